The second-order valence-corrected chi connectivity index (χ2v) is 8.51. The number of nitrogens with two attached hydrogens (primary N) is 2. The molecule has 0 radical (unpaired) electrons. The number of rotatable bonds is 15. The number of aliphatic carboxylic acids is 1. The molecular formula is C26H35N5O5. The van der Waals surface area contributed by atoms with E-state index in [9.17, 15) is 24.3 Å². The van der Waals surface area contributed by atoms with Gasteiger partial charge >= 0.3 is 5.97 Å². The molecule has 0 saturated heterocycles. The second-order valence-electron chi connectivity index (χ2n) is 8.51. The van der Waals surface area contributed by atoms with Crippen molar-refractivity contribution in [1.82, 2.24) is 16.0 Å². The number of nitrogens with one attached hydrogen (secondary N) is 3. The van der Waals surface area contributed by atoms with Crippen LogP contribution in [0.5, 0.6) is 0 Å². The lowest BCUT2D eigenvalue weighted by atomic mass is 10.0. The number of hydrogen-bond donors (Lipinski definition) is 6. The van der Waals surface area contributed by atoms with Gasteiger partial charge < -0.3 is 32.5 Å². The van der Waals surface area contributed by atoms with Gasteiger partial charge in [0.25, 0.3) is 0 Å². The molecule has 0 fully saturated rings. The third-order valence-electron chi connectivity index (χ3n) is 5.55. The maximum atomic E-state index is 13.0. The first-order chi connectivity index (χ1) is 17.3. The van der Waals surface area contributed by atoms with Gasteiger partial charge in [0.1, 0.15) is 12.1 Å². The molecule has 3 atom stereocenters. The minimum absolute atomic E-state index is 0.148. The Balaban J connectivity index is 1.98. The van der Waals surface area contributed by atoms with Crippen molar-refractivity contribution in [3.63, 3.8) is 0 Å². The van der Waals surface area contributed by atoms with Crippen LogP contribution in [0.1, 0.15) is 30.4 Å². The van der Waals surface area contributed by atoms with Crippen LogP contribution < -0.4 is 27.4 Å². The van der Waals surface area contributed by atoms with E-state index in [1.807, 2.05) is 36.4 Å². The molecule has 194 valence electrons. The molecule has 0 aliphatic carbocycles. The molecule has 3 amide bonds. The molecule has 0 bridgehead atoms. The number of carboxylic acids is 1. The molecule has 10 heteroatoms. The summed E-state index contributed by atoms with van der Waals surface area (Å²) in [4.78, 5) is 49.5. The molecule has 0 aromatic heterocycles. The van der Waals surface area contributed by atoms with Crippen molar-refractivity contribution in [1.29, 1.82) is 0 Å². The second kappa shape index (κ2) is 15.3. The molecular weight excluding hydrogens is 462 g/mol. The summed E-state index contributed by atoms with van der Waals surface area (Å²) >= 11 is 0. The van der Waals surface area contributed by atoms with E-state index in [4.69, 9.17) is 11.5 Å². The molecule has 36 heavy (non-hydrogen) atoms. The SMILES string of the molecule is NCCCCC(NC(=O)C(Cc1ccccc1)NC(=O)CNC(=O)C(N)Cc1ccccc1)C(=O)O. The Bertz CT molecular complexity index is 987. The molecule has 2 aromatic carbocycles. The molecule has 10 nitrogen and oxygen atoms in total. The third-order valence-corrected chi connectivity index (χ3v) is 5.55. The number of carboxylic acid groups (broad SMARTS) is 1. The lowest BCUT2D eigenvalue weighted by Gasteiger charge is -2.22. The first-order valence-electron chi connectivity index (χ1n) is 11.9. The Morgan fingerprint density at radius 3 is 1.92 bits per heavy atom. The normalized spacial score (nSPS) is 13.2. The van der Waals surface area contributed by atoms with Crippen LogP contribution in [0.4, 0.5) is 0 Å². The summed E-state index contributed by atoms with van der Waals surface area (Å²) in [6.07, 6.45) is 1.86. The predicted octanol–water partition coefficient (Wildman–Crippen LogP) is 0.0985. The quantitative estimate of drug-likeness (QED) is 0.189. The molecule has 0 saturated carbocycles. The van der Waals surface area contributed by atoms with Crippen molar-refractivity contribution in [2.45, 2.75) is 50.2 Å². The molecule has 0 aliphatic heterocycles. The third kappa shape index (κ3) is 10.2. The van der Waals surface area contributed by atoms with E-state index >= 15 is 0 Å². The molecule has 8 N–H and O–H groups in total. The number of unbranched alkanes of at least 4 members (excludes halogenated alkanes) is 1. The Hall–Kier alpha value is -3.76. The van der Waals surface area contributed by atoms with E-state index in [-0.39, 0.29) is 19.4 Å². The molecule has 0 aliphatic rings. The summed E-state index contributed by atoms with van der Waals surface area (Å²) in [6.45, 7) is 0.0481. The van der Waals surface area contributed by atoms with E-state index in [0.717, 1.165) is 11.1 Å². The van der Waals surface area contributed by atoms with Crippen molar-refractivity contribution in [3.05, 3.63) is 71.8 Å². The highest BCUT2D eigenvalue weighted by molar-refractivity contribution is 5.92. The fourth-order valence-corrected chi connectivity index (χ4v) is 3.59. The lowest BCUT2D eigenvalue weighted by Crippen LogP contribution is -2.54. The van der Waals surface area contributed by atoms with Gasteiger partial charge in [-0.05, 0) is 43.4 Å². The van der Waals surface area contributed by atoms with Gasteiger partial charge in [-0.15, -0.1) is 0 Å². The highest BCUT2D eigenvalue weighted by Crippen LogP contribution is 2.06. The Labute approximate surface area is 210 Å². The number of benzene rings is 2. The van der Waals surface area contributed by atoms with Crippen LogP contribution in [0.3, 0.4) is 0 Å². The molecule has 3 unspecified atom stereocenters. The van der Waals surface area contributed by atoms with E-state index in [1.54, 1.807) is 24.3 Å². The summed E-state index contributed by atoms with van der Waals surface area (Å²) in [5.74, 6) is -2.88. The average Bonchev–Trinajstić information content (AvgIpc) is 2.87. The average molecular weight is 498 g/mol. The number of hydrogen-bond acceptors (Lipinski definition) is 6. The van der Waals surface area contributed by atoms with E-state index in [0.29, 0.717) is 25.8 Å². The maximum absolute atomic E-state index is 13.0. The first-order valence-corrected chi connectivity index (χ1v) is 11.9. The van der Waals surface area contributed by atoms with Crippen LogP contribution in [0.2, 0.25) is 0 Å². The molecule has 2 aromatic rings. The fourth-order valence-electron chi connectivity index (χ4n) is 3.59. The number of carbonyl (C=O) groups excluding carboxylic acids is 3. The van der Waals surface area contributed by atoms with Crippen molar-refractivity contribution in [2.24, 2.45) is 11.5 Å². The van der Waals surface area contributed by atoms with Gasteiger partial charge in [-0.25, -0.2) is 4.79 Å². The van der Waals surface area contributed by atoms with Crippen LogP contribution in [-0.4, -0.2) is 60.0 Å². The minimum atomic E-state index is -1.16. The van der Waals surface area contributed by atoms with Gasteiger partial charge in [0.15, 0.2) is 0 Å². The summed E-state index contributed by atoms with van der Waals surface area (Å²) in [5.41, 5.74) is 13.1. The topological polar surface area (TPSA) is 177 Å². The Kier molecular flexibility index (Phi) is 12.1. The van der Waals surface area contributed by atoms with Crippen LogP contribution in [0.25, 0.3) is 0 Å². The van der Waals surface area contributed by atoms with Gasteiger partial charge in [-0.3, -0.25) is 14.4 Å². The fraction of sp³-hybridized carbons (Fsp3) is 0.385. The molecule has 2 rings (SSSR count). The maximum Gasteiger partial charge on any atom is 0.326 e. The van der Waals surface area contributed by atoms with Crippen LogP contribution >= 0.6 is 0 Å². The highest BCUT2D eigenvalue weighted by Gasteiger charge is 2.27. The van der Waals surface area contributed by atoms with E-state index in [2.05, 4.69) is 16.0 Å². The molecule has 0 spiro atoms. The predicted molar refractivity (Wildman–Crippen MR) is 136 cm³/mol. The van der Waals surface area contributed by atoms with Gasteiger partial charge in [-0.2, -0.15) is 0 Å². The Morgan fingerprint density at radius 1 is 0.778 bits per heavy atom. The monoisotopic (exact) mass is 497 g/mol. The van der Waals surface area contributed by atoms with Crippen molar-refractivity contribution in [3.8, 4) is 0 Å². The summed E-state index contributed by atoms with van der Waals surface area (Å²) in [7, 11) is 0. The van der Waals surface area contributed by atoms with Gasteiger partial charge in [0, 0.05) is 6.42 Å². The van der Waals surface area contributed by atoms with Gasteiger partial charge in [-0.1, -0.05) is 60.7 Å². The number of carbonyl (C=O) groups is 4. The largest absolute Gasteiger partial charge is 0.480 e. The standard InChI is InChI=1S/C26H35N5O5/c27-14-8-7-13-21(26(35)36)31-25(34)22(16-19-11-5-2-6-12-19)30-23(32)17-29-24(33)20(28)15-18-9-3-1-4-10-18/h1-6,9-12,20-22H,7-8,13-17,27-28H2,(H,29,33)(H,30,32)(H,31,34)(H,35,36). The lowest BCUT2D eigenvalue weighted by molar-refractivity contribution is -0.142. The van der Waals surface area contributed by atoms with Gasteiger partial charge in [0.05, 0.1) is 12.6 Å². The first kappa shape index (κ1) is 28.5. The minimum Gasteiger partial charge on any atom is -0.480 e. The van der Waals surface area contributed by atoms with Crippen molar-refractivity contribution in [2.75, 3.05) is 13.1 Å². The zero-order chi connectivity index (χ0) is 26.3. The zero-order valence-electron chi connectivity index (χ0n) is 20.2. The summed E-state index contributed by atoms with van der Waals surface area (Å²) in [5, 5.41) is 17.1. The van der Waals surface area contributed by atoms with Crippen LogP contribution in [0.15, 0.2) is 60.7 Å². The Morgan fingerprint density at radius 2 is 1.36 bits per heavy atom. The van der Waals surface area contributed by atoms with E-state index < -0.39 is 41.8 Å². The highest BCUT2D eigenvalue weighted by atomic mass is 16.4. The van der Waals surface area contributed by atoms with E-state index in [1.165, 1.54) is 0 Å². The van der Waals surface area contributed by atoms with Crippen molar-refractivity contribution >= 4 is 23.7 Å². The van der Waals surface area contributed by atoms with Gasteiger partial charge in [0.2, 0.25) is 17.7 Å². The summed E-state index contributed by atoms with van der Waals surface area (Å²) in [6, 6.07) is 15.3. The summed E-state index contributed by atoms with van der Waals surface area (Å²) < 4.78 is 0. The van der Waals surface area contributed by atoms with Crippen LogP contribution in [0, 0.1) is 0 Å². The van der Waals surface area contributed by atoms with Crippen molar-refractivity contribution < 1.29 is 24.3 Å². The van der Waals surface area contributed by atoms with Crippen LogP contribution in [-0.2, 0) is 32.0 Å². The smallest absolute Gasteiger partial charge is 0.326 e. The zero-order valence-corrected chi connectivity index (χ0v) is 20.2. The number of amides is 3. The molecule has 0 heterocycles.